The molecule has 1 atom stereocenters. The topological polar surface area (TPSA) is 26.3 Å². The molecule has 0 fully saturated rings. The predicted octanol–water partition coefficient (Wildman–Crippen LogP) is 2.29. The van der Waals surface area contributed by atoms with Crippen molar-refractivity contribution in [1.82, 2.24) is 0 Å². The van der Waals surface area contributed by atoms with E-state index >= 15 is 0 Å². The highest BCUT2D eigenvalue weighted by Gasteiger charge is 2.41. The lowest BCUT2D eigenvalue weighted by molar-refractivity contribution is -0.193. The van der Waals surface area contributed by atoms with E-state index < -0.39 is 12.3 Å². The van der Waals surface area contributed by atoms with Gasteiger partial charge in [-0.15, -0.1) is 0 Å². The minimum absolute atomic E-state index is 0.104. The molecule has 2 aliphatic rings. The molecule has 2 rings (SSSR count). The zero-order chi connectivity index (χ0) is 11.1. The second-order valence-electron chi connectivity index (χ2n) is 3.31. The molecule has 1 heterocycles. The lowest BCUT2D eigenvalue weighted by atomic mass is 9.99. The maximum absolute atomic E-state index is 12.3. The first-order chi connectivity index (χ1) is 6.97. The van der Waals surface area contributed by atoms with E-state index in [-0.39, 0.29) is 18.0 Å². The molecule has 0 saturated heterocycles. The van der Waals surface area contributed by atoms with E-state index in [2.05, 4.69) is 0 Å². The van der Waals surface area contributed by atoms with E-state index in [0.29, 0.717) is 5.57 Å². The minimum Gasteiger partial charge on any atom is -0.476 e. The number of rotatable bonds is 0. The molecule has 1 aliphatic carbocycles. The highest BCUT2D eigenvalue weighted by atomic mass is 19.4. The van der Waals surface area contributed by atoms with E-state index in [9.17, 15) is 18.0 Å². The minimum atomic E-state index is -4.41. The Morgan fingerprint density at radius 1 is 1.27 bits per heavy atom. The molecule has 0 aromatic rings. The smallest absolute Gasteiger partial charge is 0.429 e. The van der Waals surface area contributed by atoms with E-state index in [1.807, 2.05) is 0 Å². The highest BCUT2D eigenvalue weighted by Crippen LogP contribution is 2.32. The van der Waals surface area contributed by atoms with Crippen LogP contribution in [0.1, 0.15) is 6.42 Å². The third-order valence-electron chi connectivity index (χ3n) is 2.15. The Bertz CT molecular complexity index is 388. The SMILES string of the molecule is O=C1C=CC2=C(C=CC(C(F)(F)F)O2)C1. The average molecular weight is 216 g/mol. The number of alkyl halides is 3. The first-order valence-corrected chi connectivity index (χ1v) is 4.32. The average Bonchev–Trinajstić information content (AvgIpc) is 2.15. The summed E-state index contributed by atoms with van der Waals surface area (Å²) in [5.41, 5.74) is 0.503. The molecular weight excluding hydrogens is 209 g/mol. The fraction of sp³-hybridized carbons (Fsp3) is 0.300. The van der Waals surface area contributed by atoms with Gasteiger partial charge in [0, 0.05) is 12.0 Å². The Kier molecular flexibility index (Phi) is 2.17. The van der Waals surface area contributed by atoms with Gasteiger partial charge in [0.15, 0.2) is 5.78 Å². The Hall–Kier alpha value is -1.52. The lowest BCUT2D eigenvalue weighted by Crippen LogP contribution is -2.31. The van der Waals surface area contributed by atoms with Gasteiger partial charge in [-0.1, -0.05) is 6.08 Å². The van der Waals surface area contributed by atoms with Crippen molar-refractivity contribution in [2.75, 3.05) is 0 Å². The van der Waals surface area contributed by atoms with Gasteiger partial charge in [0.05, 0.1) is 0 Å². The summed E-state index contributed by atoms with van der Waals surface area (Å²) in [4.78, 5) is 11.0. The molecule has 0 aromatic carbocycles. The molecular formula is C10H7F3O2. The van der Waals surface area contributed by atoms with E-state index in [1.54, 1.807) is 0 Å². The molecule has 1 unspecified atom stereocenters. The van der Waals surface area contributed by atoms with Crippen LogP contribution in [0, 0.1) is 0 Å². The normalized spacial score (nSPS) is 25.3. The summed E-state index contributed by atoms with van der Waals surface area (Å²) in [7, 11) is 0. The van der Waals surface area contributed by atoms with Gasteiger partial charge in [-0.3, -0.25) is 4.79 Å². The second kappa shape index (κ2) is 3.25. The summed E-state index contributed by atoms with van der Waals surface area (Å²) in [5.74, 6) is 0.00637. The monoisotopic (exact) mass is 216 g/mol. The first-order valence-electron chi connectivity index (χ1n) is 4.32. The molecule has 1 aliphatic heterocycles. The fourth-order valence-electron chi connectivity index (χ4n) is 1.42. The first kappa shape index (κ1) is 10.0. The molecule has 0 radical (unpaired) electrons. The van der Waals surface area contributed by atoms with Crippen LogP contribution in [0.3, 0.4) is 0 Å². The van der Waals surface area contributed by atoms with Crippen molar-refractivity contribution in [3.8, 4) is 0 Å². The van der Waals surface area contributed by atoms with Crippen LogP contribution in [0.25, 0.3) is 0 Å². The lowest BCUT2D eigenvalue weighted by Gasteiger charge is -2.25. The Morgan fingerprint density at radius 3 is 2.67 bits per heavy atom. The second-order valence-corrected chi connectivity index (χ2v) is 3.31. The number of hydrogen-bond donors (Lipinski definition) is 0. The third-order valence-corrected chi connectivity index (χ3v) is 2.15. The summed E-state index contributed by atoms with van der Waals surface area (Å²) in [6, 6.07) is 0. The maximum Gasteiger partial charge on any atom is 0.429 e. The van der Waals surface area contributed by atoms with Crippen molar-refractivity contribution in [2.24, 2.45) is 0 Å². The van der Waals surface area contributed by atoms with Gasteiger partial charge in [-0.05, 0) is 18.2 Å². The zero-order valence-corrected chi connectivity index (χ0v) is 7.54. The number of carbonyl (C=O) groups excluding carboxylic acids is 1. The molecule has 5 heteroatoms. The van der Waals surface area contributed by atoms with Crippen molar-refractivity contribution in [2.45, 2.75) is 18.7 Å². The van der Waals surface area contributed by atoms with Crippen LogP contribution in [-0.2, 0) is 9.53 Å². The van der Waals surface area contributed by atoms with Gasteiger partial charge < -0.3 is 4.74 Å². The van der Waals surface area contributed by atoms with Crippen LogP contribution in [0.4, 0.5) is 13.2 Å². The molecule has 0 aromatic heterocycles. The number of halogens is 3. The molecule has 0 bridgehead atoms. The van der Waals surface area contributed by atoms with E-state index in [1.165, 1.54) is 18.2 Å². The largest absolute Gasteiger partial charge is 0.476 e. The van der Waals surface area contributed by atoms with Crippen molar-refractivity contribution in [1.29, 1.82) is 0 Å². The molecule has 0 amide bonds. The fourth-order valence-corrected chi connectivity index (χ4v) is 1.42. The Labute approximate surface area is 83.7 Å². The van der Waals surface area contributed by atoms with Crippen molar-refractivity contribution < 1.29 is 22.7 Å². The summed E-state index contributed by atoms with van der Waals surface area (Å²) in [6.07, 6.45) is -1.48. The van der Waals surface area contributed by atoms with Crippen LogP contribution in [-0.4, -0.2) is 18.1 Å². The predicted molar refractivity (Wildman–Crippen MR) is 45.9 cm³/mol. The third kappa shape index (κ3) is 1.95. The maximum atomic E-state index is 12.3. The van der Waals surface area contributed by atoms with Gasteiger partial charge in [0.2, 0.25) is 6.10 Å². The molecule has 15 heavy (non-hydrogen) atoms. The van der Waals surface area contributed by atoms with Crippen LogP contribution in [0.5, 0.6) is 0 Å². The number of ether oxygens (including phenoxy) is 1. The van der Waals surface area contributed by atoms with Crippen molar-refractivity contribution in [3.05, 3.63) is 35.6 Å². The number of hydrogen-bond acceptors (Lipinski definition) is 2. The molecule has 80 valence electrons. The van der Waals surface area contributed by atoms with Crippen LogP contribution < -0.4 is 0 Å². The number of carbonyl (C=O) groups is 1. The van der Waals surface area contributed by atoms with Gasteiger partial charge in [-0.25, -0.2) is 0 Å². The van der Waals surface area contributed by atoms with E-state index in [0.717, 1.165) is 6.08 Å². The molecule has 0 saturated carbocycles. The summed E-state index contributed by atoms with van der Waals surface area (Å²) < 4.78 is 41.6. The molecule has 0 spiro atoms. The van der Waals surface area contributed by atoms with Gasteiger partial charge in [0.1, 0.15) is 5.76 Å². The molecule has 2 nitrogen and oxygen atoms in total. The van der Waals surface area contributed by atoms with Crippen molar-refractivity contribution in [3.63, 3.8) is 0 Å². The highest BCUT2D eigenvalue weighted by molar-refractivity contribution is 5.94. The summed E-state index contributed by atoms with van der Waals surface area (Å²) in [6.45, 7) is 0. The van der Waals surface area contributed by atoms with Crippen LogP contribution in [0.15, 0.2) is 35.6 Å². The van der Waals surface area contributed by atoms with Gasteiger partial charge >= 0.3 is 6.18 Å². The van der Waals surface area contributed by atoms with Gasteiger partial charge in [0.25, 0.3) is 0 Å². The van der Waals surface area contributed by atoms with Crippen LogP contribution in [0.2, 0.25) is 0 Å². The Morgan fingerprint density at radius 2 is 2.00 bits per heavy atom. The Balaban J connectivity index is 2.21. The quantitative estimate of drug-likeness (QED) is 0.621. The number of ketones is 1. The van der Waals surface area contributed by atoms with Gasteiger partial charge in [-0.2, -0.15) is 13.2 Å². The summed E-state index contributed by atoms with van der Waals surface area (Å²) >= 11 is 0. The standard InChI is InChI=1S/C10H7F3O2/c11-10(12,13)9-4-1-6-5-7(14)2-3-8(6)15-9/h1-4,9H,5H2. The van der Waals surface area contributed by atoms with E-state index in [4.69, 9.17) is 4.74 Å². The summed E-state index contributed by atoms with van der Waals surface area (Å²) in [5, 5.41) is 0. The van der Waals surface area contributed by atoms with Crippen molar-refractivity contribution >= 4 is 5.78 Å². The number of allylic oxidation sites excluding steroid dienone is 4. The zero-order valence-electron chi connectivity index (χ0n) is 7.54. The van der Waals surface area contributed by atoms with Crippen LogP contribution >= 0.6 is 0 Å². The molecule has 0 N–H and O–H groups in total.